The highest BCUT2D eigenvalue weighted by molar-refractivity contribution is 14.0. The number of rotatable bonds is 8. The molecule has 1 aromatic heterocycles. The first-order chi connectivity index (χ1) is 12.8. The van der Waals surface area contributed by atoms with Crippen molar-refractivity contribution in [3.05, 3.63) is 22.4 Å². The number of ether oxygens (including phenoxy) is 2. The molecule has 0 spiro atoms. The van der Waals surface area contributed by atoms with Crippen molar-refractivity contribution in [3.63, 3.8) is 0 Å². The fourth-order valence-corrected chi connectivity index (χ4v) is 4.95. The normalized spacial score (nSPS) is 22.3. The van der Waals surface area contributed by atoms with Crippen LogP contribution in [0.5, 0.6) is 0 Å². The van der Waals surface area contributed by atoms with Gasteiger partial charge in [0.25, 0.3) is 0 Å². The molecule has 5 nitrogen and oxygen atoms in total. The maximum absolute atomic E-state index is 5.81. The molecule has 1 atom stereocenters. The van der Waals surface area contributed by atoms with Crippen LogP contribution >= 0.6 is 35.3 Å². The Morgan fingerprint density at radius 2 is 2.19 bits per heavy atom. The van der Waals surface area contributed by atoms with Crippen LogP contribution in [0.3, 0.4) is 0 Å². The predicted molar refractivity (Wildman–Crippen MR) is 124 cm³/mol. The molecule has 0 radical (unpaired) electrons. The fourth-order valence-electron chi connectivity index (χ4n) is 3.97. The Labute approximate surface area is 184 Å². The van der Waals surface area contributed by atoms with Crippen LogP contribution in [0.4, 0.5) is 0 Å². The molecular weight excluding hydrogens is 473 g/mol. The third-order valence-corrected chi connectivity index (χ3v) is 6.64. The van der Waals surface area contributed by atoms with E-state index in [-0.39, 0.29) is 29.4 Å². The molecule has 1 aliphatic heterocycles. The molecular formula is C20H34IN3O2S. The number of thiophene rings is 1. The Morgan fingerprint density at radius 3 is 2.85 bits per heavy atom. The van der Waals surface area contributed by atoms with Crippen LogP contribution in [0.15, 0.2) is 22.5 Å². The van der Waals surface area contributed by atoms with Crippen molar-refractivity contribution in [3.8, 4) is 0 Å². The van der Waals surface area contributed by atoms with Crippen molar-refractivity contribution in [2.24, 2.45) is 4.99 Å². The van der Waals surface area contributed by atoms with E-state index < -0.39 is 0 Å². The molecule has 1 unspecified atom stereocenters. The predicted octanol–water partition coefficient (Wildman–Crippen LogP) is 3.93. The number of hydrogen-bond acceptors (Lipinski definition) is 4. The van der Waals surface area contributed by atoms with Gasteiger partial charge in [-0.25, -0.2) is 0 Å². The highest BCUT2D eigenvalue weighted by Gasteiger charge is 2.34. The lowest BCUT2D eigenvalue weighted by atomic mass is 9.73. The van der Waals surface area contributed by atoms with Gasteiger partial charge in [0.1, 0.15) is 0 Å². The summed E-state index contributed by atoms with van der Waals surface area (Å²) in [6, 6.07) is 4.48. The summed E-state index contributed by atoms with van der Waals surface area (Å²) in [4.78, 5) is 5.92. The molecule has 3 rings (SSSR count). The number of hydrogen-bond donors (Lipinski definition) is 2. The lowest BCUT2D eigenvalue weighted by molar-refractivity contribution is 0.0420. The van der Waals surface area contributed by atoms with E-state index in [1.54, 1.807) is 0 Å². The van der Waals surface area contributed by atoms with Crippen molar-refractivity contribution in [1.29, 1.82) is 0 Å². The monoisotopic (exact) mass is 507 g/mol. The number of aliphatic imine (C=N–C) groups is 1. The van der Waals surface area contributed by atoms with E-state index in [1.165, 1.54) is 37.0 Å². The molecule has 154 valence electrons. The summed E-state index contributed by atoms with van der Waals surface area (Å²) in [5.41, 5.74) is 0.273. The topological polar surface area (TPSA) is 54.9 Å². The van der Waals surface area contributed by atoms with Gasteiger partial charge in [-0.2, -0.15) is 0 Å². The number of guanidine groups is 1. The summed E-state index contributed by atoms with van der Waals surface area (Å²) in [5, 5.41) is 9.22. The van der Waals surface area contributed by atoms with E-state index in [0.29, 0.717) is 6.10 Å². The molecule has 0 amide bonds. The zero-order chi connectivity index (χ0) is 18.1. The van der Waals surface area contributed by atoms with E-state index in [9.17, 15) is 0 Å². The highest BCUT2D eigenvalue weighted by atomic mass is 127. The summed E-state index contributed by atoms with van der Waals surface area (Å²) in [6.07, 6.45) is 8.87. The van der Waals surface area contributed by atoms with Crippen molar-refractivity contribution in [2.75, 3.05) is 40.0 Å². The van der Waals surface area contributed by atoms with Gasteiger partial charge in [-0.15, -0.1) is 35.3 Å². The first-order valence-electron chi connectivity index (χ1n) is 10.0. The Morgan fingerprint density at radius 1 is 1.33 bits per heavy atom. The lowest BCUT2D eigenvalue weighted by Gasteiger charge is -2.37. The van der Waals surface area contributed by atoms with Gasteiger partial charge >= 0.3 is 0 Å². The molecule has 1 aliphatic carbocycles. The molecule has 2 aliphatic rings. The van der Waals surface area contributed by atoms with Gasteiger partial charge < -0.3 is 20.1 Å². The van der Waals surface area contributed by atoms with Crippen LogP contribution in [0.25, 0.3) is 0 Å². The van der Waals surface area contributed by atoms with Crippen LogP contribution < -0.4 is 10.6 Å². The minimum atomic E-state index is 0. The van der Waals surface area contributed by atoms with Crippen molar-refractivity contribution in [1.82, 2.24) is 10.6 Å². The summed E-state index contributed by atoms with van der Waals surface area (Å²) in [5.74, 6) is 0.899. The number of nitrogens with one attached hydrogen (secondary N) is 2. The summed E-state index contributed by atoms with van der Waals surface area (Å²) < 4.78 is 11.1. The third-order valence-electron chi connectivity index (χ3n) is 5.53. The van der Waals surface area contributed by atoms with Gasteiger partial charge in [-0.1, -0.05) is 25.3 Å². The Kier molecular flexibility index (Phi) is 10.4. The largest absolute Gasteiger partial charge is 0.379 e. The van der Waals surface area contributed by atoms with E-state index in [0.717, 1.165) is 51.7 Å². The van der Waals surface area contributed by atoms with Crippen molar-refractivity contribution >= 4 is 41.3 Å². The van der Waals surface area contributed by atoms with Crippen LogP contribution in [-0.2, 0) is 14.9 Å². The second-order valence-electron chi connectivity index (χ2n) is 7.38. The standard InChI is InChI=1S/C20H33N3O2S.HI/c1-21-19(22-11-6-12-25-17-8-13-24-15-17)23-16-20(9-3-2-4-10-20)18-7-5-14-26-18;/h5,7,14,17H,2-4,6,8-13,15-16H2,1H3,(H2,21,22,23);1H. The second kappa shape index (κ2) is 12.2. The van der Waals surface area contributed by atoms with Gasteiger partial charge in [0, 0.05) is 43.6 Å². The lowest BCUT2D eigenvalue weighted by Crippen LogP contribution is -2.46. The summed E-state index contributed by atoms with van der Waals surface area (Å²) in [7, 11) is 1.85. The zero-order valence-corrected chi connectivity index (χ0v) is 19.5. The molecule has 1 saturated carbocycles. The van der Waals surface area contributed by atoms with Crippen LogP contribution in [-0.4, -0.2) is 52.0 Å². The first kappa shape index (κ1) is 22.9. The van der Waals surface area contributed by atoms with Crippen LogP contribution in [0.1, 0.15) is 49.8 Å². The smallest absolute Gasteiger partial charge is 0.191 e. The van der Waals surface area contributed by atoms with Crippen LogP contribution in [0.2, 0.25) is 0 Å². The Hall–Kier alpha value is -0.380. The van der Waals surface area contributed by atoms with E-state index >= 15 is 0 Å². The second-order valence-corrected chi connectivity index (χ2v) is 8.33. The van der Waals surface area contributed by atoms with E-state index in [2.05, 4.69) is 33.1 Å². The Balaban J connectivity index is 0.00000261. The SMILES string of the molecule is CN=C(NCCCOC1CCOC1)NCC1(c2cccs2)CCCCC1.I. The fraction of sp³-hybridized carbons (Fsp3) is 0.750. The number of halogens is 1. The quantitative estimate of drug-likeness (QED) is 0.242. The molecule has 0 aromatic carbocycles. The maximum Gasteiger partial charge on any atom is 0.191 e. The van der Waals surface area contributed by atoms with E-state index in [1.807, 2.05) is 18.4 Å². The summed E-state index contributed by atoms with van der Waals surface area (Å²) >= 11 is 1.90. The van der Waals surface area contributed by atoms with Crippen molar-refractivity contribution in [2.45, 2.75) is 56.5 Å². The molecule has 0 bridgehead atoms. The summed E-state index contributed by atoms with van der Waals surface area (Å²) in [6.45, 7) is 4.20. The van der Waals surface area contributed by atoms with Gasteiger partial charge in [-0.3, -0.25) is 4.99 Å². The molecule has 2 fully saturated rings. The molecule has 7 heteroatoms. The molecule has 2 heterocycles. The van der Waals surface area contributed by atoms with E-state index in [4.69, 9.17) is 9.47 Å². The van der Waals surface area contributed by atoms with Gasteiger partial charge in [-0.05, 0) is 37.1 Å². The average Bonchev–Trinajstić information content (AvgIpc) is 3.39. The molecule has 1 saturated heterocycles. The van der Waals surface area contributed by atoms with Gasteiger partial charge in [0.15, 0.2) is 5.96 Å². The van der Waals surface area contributed by atoms with Gasteiger partial charge in [0.2, 0.25) is 0 Å². The molecule has 27 heavy (non-hydrogen) atoms. The maximum atomic E-state index is 5.81. The highest BCUT2D eigenvalue weighted by Crippen LogP contribution is 2.41. The first-order valence-corrected chi connectivity index (χ1v) is 10.9. The molecule has 1 aromatic rings. The third kappa shape index (κ3) is 6.87. The molecule has 2 N–H and O–H groups in total. The van der Waals surface area contributed by atoms with Crippen molar-refractivity contribution < 1.29 is 9.47 Å². The zero-order valence-electron chi connectivity index (χ0n) is 16.4. The minimum absolute atomic E-state index is 0. The Bertz CT molecular complexity index is 541. The average molecular weight is 507 g/mol. The van der Waals surface area contributed by atoms with Crippen LogP contribution in [0, 0.1) is 0 Å². The minimum Gasteiger partial charge on any atom is -0.379 e. The number of nitrogens with zero attached hydrogens (tertiary/aromatic N) is 1. The van der Waals surface area contributed by atoms with Gasteiger partial charge in [0.05, 0.1) is 12.7 Å².